The molecule has 2 aromatic heterocycles. The van der Waals surface area contributed by atoms with Crippen molar-refractivity contribution in [2.45, 2.75) is 32.9 Å². The first-order valence-electron chi connectivity index (χ1n) is 10.4. The van der Waals surface area contributed by atoms with E-state index in [-0.39, 0.29) is 11.7 Å². The summed E-state index contributed by atoms with van der Waals surface area (Å²) in [6.07, 6.45) is 3.47. The highest BCUT2D eigenvalue weighted by atomic mass is 32.2. The molecule has 4 aromatic rings. The van der Waals surface area contributed by atoms with E-state index < -0.39 is 0 Å². The molecular weight excluding hydrogens is 418 g/mol. The van der Waals surface area contributed by atoms with Gasteiger partial charge in [0, 0.05) is 23.6 Å². The number of hydrogen-bond acceptors (Lipinski definition) is 5. The Bertz CT molecular complexity index is 1240. The summed E-state index contributed by atoms with van der Waals surface area (Å²) in [6, 6.07) is 16.0. The van der Waals surface area contributed by atoms with Crippen molar-refractivity contribution >= 4 is 23.4 Å². The average molecular weight is 444 g/mol. The minimum atomic E-state index is -0.0742. The van der Waals surface area contributed by atoms with E-state index in [1.165, 1.54) is 17.3 Å². The smallest absolute Gasteiger partial charge is 0.234 e. The molecule has 1 N–H and O–H groups in total. The van der Waals surface area contributed by atoms with Crippen molar-refractivity contribution < 1.29 is 4.79 Å². The van der Waals surface area contributed by atoms with Gasteiger partial charge in [0.05, 0.1) is 11.4 Å². The Labute approximate surface area is 192 Å². The summed E-state index contributed by atoms with van der Waals surface area (Å²) < 4.78 is 2.00. The topological polar surface area (TPSA) is 72.7 Å². The molecule has 0 atom stereocenters. The second-order valence-electron chi connectivity index (χ2n) is 7.77. The van der Waals surface area contributed by atoms with Crippen LogP contribution in [-0.2, 0) is 4.79 Å². The molecule has 0 radical (unpaired) electrons. The predicted octanol–water partition coefficient (Wildman–Crippen LogP) is 5.29. The van der Waals surface area contributed by atoms with Crippen LogP contribution in [0.15, 0.2) is 66.1 Å². The van der Waals surface area contributed by atoms with Crippen molar-refractivity contribution in [3.8, 4) is 17.1 Å². The van der Waals surface area contributed by atoms with Crippen LogP contribution in [0.2, 0.25) is 0 Å². The standard InChI is InChI=1S/C25H25N5OS/c1-16-13-18(3)23(19(4)14-16)27-22(31)15-32-25-29-28-24(20-9-11-26-12-10-20)30(25)21-8-6-5-7-17(21)2/h5-14H,15H2,1-4H3,(H,27,31). The molecule has 0 saturated carbocycles. The number of nitrogens with one attached hydrogen (secondary N) is 1. The lowest BCUT2D eigenvalue weighted by atomic mass is 10.1. The fourth-order valence-corrected chi connectivity index (χ4v) is 4.51. The SMILES string of the molecule is Cc1cc(C)c(NC(=O)CSc2nnc(-c3ccncc3)n2-c2ccccc2C)c(C)c1. The summed E-state index contributed by atoms with van der Waals surface area (Å²) in [4.78, 5) is 16.9. The number of carbonyl (C=O) groups excluding carboxylic acids is 1. The molecule has 0 saturated heterocycles. The normalized spacial score (nSPS) is 10.9. The maximum absolute atomic E-state index is 12.8. The largest absolute Gasteiger partial charge is 0.325 e. The van der Waals surface area contributed by atoms with E-state index in [2.05, 4.69) is 52.5 Å². The lowest BCUT2D eigenvalue weighted by Crippen LogP contribution is -2.16. The van der Waals surface area contributed by atoms with Crippen LogP contribution in [0.1, 0.15) is 22.3 Å². The Morgan fingerprint density at radius 3 is 2.31 bits per heavy atom. The zero-order chi connectivity index (χ0) is 22.7. The van der Waals surface area contributed by atoms with Gasteiger partial charge in [-0.1, -0.05) is 47.7 Å². The molecule has 6 nitrogen and oxygen atoms in total. The maximum atomic E-state index is 12.8. The second-order valence-corrected chi connectivity index (χ2v) is 8.72. The highest BCUT2D eigenvalue weighted by molar-refractivity contribution is 7.99. The molecule has 1 amide bonds. The highest BCUT2D eigenvalue weighted by Crippen LogP contribution is 2.29. The summed E-state index contributed by atoms with van der Waals surface area (Å²) >= 11 is 1.37. The minimum Gasteiger partial charge on any atom is -0.325 e. The molecule has 0 spiro atoms. The molecule has 2 heterocycles. The Morgan fingerprint density at radius 2 is 1.62 bits per heavy atom. The molecule has 0 unspecified atom stereocenters. The molecule has 32 heavy (non-hydrogen) atoms. The Kier molecular flexibility index (Phi) is 6.37. The Morgan fingerprint density at radius 1 is 0.938 bits per heavy atom. The van der Waals surface area contributed by atoms with E-state index in [4.69, 9.17) is 0 Å². The van der Waals surface area contributed by atoms with E-state index in [1.54, 1.807) is 12.4 Å². The number of aryl methyl sites for hydroxylation is 4. The maximum Gasteiger partial charge on any atom is 0.234 e. The van der Waals surface area contributed by atoms with Crippen LogP contribution in [0.5, 0.6) is 0 Å². The van der Waals surface area contributed by atoms with E-state index >= 15 is 0 Å². The number of para-hydroxylation sites is 1. The molecular formula is C25H25N5OS. The summed E-state index contributed by atoms with van der Waals surface area (Å²) in [5, 5.41) is 12.6. The van der Waals surface area contributed by atoms with Gasteiger partial charge in [-0.15, -0.1) is 10.2 Å². The van der Waals surface area contributed by atoms with E-state index in [0.29, 0.717) is 5.16 Å². The molecule has 4 rings (SSSR count). The van der Waals surface area contributed by atoms with Crippen LogP contribution in [0.25, 0.3) is 17.1 Å². The number of carbonyl (C=O) groups is 1. The van der Waals surface area contributed by atoms with E-state index in [1.807, 2.05) is 48.7 Å². The summed E-state index contributed by atoms with van der Waals surface area (Å²) in [6.45, 7) is 8.13. The Hall–Kier alpha value is -3.45. The van der Waals surface area contributed by atoms with Crippen molar-refractivity contribution in [1.29, 1.82) is 0 Å². The van der Waals surface area contributed by atoms with Gasteiger partial charge in [-0.2, -0.15) is 0 Å². The van der Waals surface area contributed by atoms with Crippen molar-refractivity contribution in [1.82, 2.24) is 19.7 Å². The molecule has 2 aromatic carbocycles. The first kappa shape index (κ1) is 21.8. The molecule has 0 fully saturated rings. The van der Waals surface area contributed by atoms with Gasteiger partial charge in [0.1, 0.15) is 0 Å². The third kappa shape index (κ3) is 4.57. The number of thioether (sulfide) groups is 1. The molecule has 0 aliphatic rings. The number of pyridine rings is 1. The van der Waals surface area contributed by atoms with Crippen LogP contribution in [-0.4, -0.2) is 31.4 Å². The molecule has 0 bridgehead atoms. The van der Waals surface area contributed by atoms with Crippen LogP contribution in [0, 0.1) is 27.7 Å². The number of aromatic nitrogens is 4. The fraction of sp³-hybridized carbons (Fsp3) is 0.200. The van der Waals surface area contributed by atoms with E-state index in [0.717, 1.165) is 39.5 Å². The number of rotatable bonds is 6. The fourth-order valence-electron chi connectivity index (χ4n) is 3.77. The number of anilines is 1. The lowest BCUT2D eigenvalue weighted by molar-refractivity contribution is -0.113. The summed E-state index contributed by atoms with van der Waals surface area (Å²) in [7, 11) is 0. The summed E-state index contributed by atoms with van der Waals surface area (Å²) in [5.41, 5.74) is 7.17. The van der Waals surface area contributed by atoms with Gasteiger partial charge in [-0.3, -0.25) is 14.3 Å². The molecule has 7 heteroatoms. The summed E-state index contributed by atoms with van der Waals surface area (Å²) in [5.74, 6) is 0.873. The van der Waals surface area contributed by atoms with Gasteiger partial charge in [0.15, 0.2) is 11.0 Å². The lowest BCUT2D eigenvalue weighted by Gasteiger charge is -2.14. The number of nitrogens with zero attached hydrogens (tertiary/aromatic N) is 4. The van der Waals surface area contributed by atoms with Crippen molar-refractivity contribution in [3.63, 3.8) is 0 Å². The van der Waals surface area contributed by atoms with E-state index in [9.17, 15) is 4.79 Å². The zero-order valence-corrected chi connectivity index (χ0v) is 19.4. The zero-order valence-electron chi connectivity index (χ0n) is 18.6. The van der Waals surface area contributed by atoms with Crippen LogP contribution in [0.3, 0.4) is 0 Å². The number of amides is 1. The molecule has 162 valence electrons. The first-order chi connectivity index (χ1) is 15.4. The highest BCUT2D eigenvalue weighted by Gasteiger charge is 2.19. The monoisotopic (exact) mass is 443 g/mol. The van der Waals surface area contributed by atoms with Crippen LogP contribution < -0.4 is 5.32 Å². The number of hydrogen-bond donors (Lipinski definition) is 1. The van der Waals surface area contributed by atoms with Gasteiger partial charge in [0.25, 0.3) is 0 Å². The predicted molar refractivity (Wildman–Crippen MR) is 129 cm³/mol. The van der Waals surface area contributed by atoms with Crippen LogP contribution >= 0.6 is 11.8 Å². The molecule has 0 aliphatic carbocycles. The minimum absolute atomic E-state index is 0.0742. The third-order valence-electron chi connectivity index (χ3n) is 5.20. The van der Waals surface area contributed by atoms with Crippen LogP contribution in [0.4, 0.5) is 5.69 Å². The third-order valence-corrected chi connectivity index (χ3v) is 6.13. The Balaban J connectivity index is 1.61. The van der Waals surface area contributed by atoms with Gasteiger partial charge < -0.3 is 5.32 Å². The average Bonchev–Trinajstić information content (AvgIpc) is 3.19. The van der Waals surface area contributed by atoms with Crippen molar-refractivity contribution in [2.75, 3.05) is 11.1 Å². The molecule has 0 aliphatic heterocycles. The van der Waals surface area contributed by atoms with Crippen molar-refractivity contribution in [3.05, 3.63) is 83.2 Å². The van der Waals surface area contributed by atoms with Gasteiger partial charge in [-0.25, -0.2) is 0 Å². The van der Waals surface area contributed by atoms with Crippen molar-refractivity contribution in [2.24, 2.45) is 0 Å². The van der Waals surface area contributed by atoms with Gasteiger partial charge >= 0.3 is 0 Å². The quantitative estimate of drug-likeness (QED) is 0.410. The van der Waals surface area contributed by atoms with Gasteiger partial charge in [0.2, 0.25) is 5.91 Å². The second kappa shape index (κ2) is 9.36. The van der Waals surface area contributed by atoms with Gasteiger partial charge in [-0.05, 0) is 62.6 Å². The number of benzene rings is 2. The first-order valence-corrected chi connectivity index (χ1v) is 11.3.